The van der Waals surface area contributed by atoms with Gasteiger partial charge in [-0.15, -0.1) is 13.2 Å². The topological polar surface area (TPSA) is 57.2 Å². The van der Waals surface area contributed by atoms with Crippen molar-refractivity contribution in [2.45, 2.75) is 25.0 Å². The summed E-state index contributed by atoms with van der Waals surface area (Å²) >= 11 is 0. The number of hydrogen-bond donors (Lipinski definition) is 0. The lowest BCUT2D eigenvalue weighted by molar-refractivity contribution is -0.274. The Labute approximate surface area is 172 Å². The molecule has 2 atom stereocenters. The predicted octanol–water partition coefficient (Wildman–Crippen LogP) is 3.74. The van der Waals surface area contributed by atoms with Gasteiger partial charge in [0.2, 0.25) is 0 Å². The van der Waals surface area contributed by atoms with Crippen molar-refractivity contribution < 1.29 is 36.9 Å². The van der Waals surface area contributed by atoms with E-state index < -0.39 is 12.4 Å². The summed E-state index contributed by atoms with van der Waals surface area (Å²) in [6.45, 7) is 0.827. The monoisotopic (exact) mass is 425 g/mol. The molecule has 162 valence electrons. The van der Waals surface area contributed by atoms with Crippen molar-refractivity contribution >= 4 is 6.29 Å². The number of aldehydes is 1. The summed E-state index contributed by atoms with van der Waals surface area (Å²) < 4.78 is 57.7. The second kappa shape index (κ2) is 9.36. The third-order valence-electron chi connectivity index (χ3n) is 4.87. The molecule has 1 fully saturated rings. The molecule has 30 heavy (non-hydrogen) atoms. The molecule has 0 bridgehead atoms. The Kier molecular flexibility index (Phi) is 6.84. The van der Waals surface area contributed by atoms with Crippen LogP contribution < -0.4 is 14.2 Å². The van der Waals surface area contributed by atoms with E-state index >= 15 is 0 Å². The fourth-order valence-corrected chi connectivity index (χ4v) is 3.53. The zero-order chi connectivity index (χ0) is 21.7. The first-order valence-electron chi connectivity index (χ1n) is 9.20. The van der Waals surface area contributed by atoms with Crippen LogP contribution in [0, 0.1) is 0 Å². The highest BCUT2D eigenvalue weighted by Gasteiger charge is 2.36. The number of nitrogens with zero attached hydrogens (tertiary/aromatic N) is 1. The molecule has 0 N–H and O–H groups in total. The van der Waals surface area contributed by atoms with Gasteiger partial charge in [-0.25, -0.2) is 0 Å². The molecule has 2 aromatic carbocycles. The molecule has 2 aromatic rings. The van der Waals surface area contributed by atoms with Crippen LogP contribution in [0.5, 0.6) is 17.2 Å². The third kappa shape index (κ3) is 5.03. The van der Waals surface area contributed by atoms with Crippen LogP contribution in [0.3, 0.4) is 0 Å². The highest BCUT2D eigenvalue weighted by Crippen LogP contribution is 2.40. The van der Waals surface area contributed by atoms with E-state index in [1.54, 1.807) is 32.4 Å². The van der Waals surface area contributed by atoms with E-state index in [1.165, 1.54) is 24.3 Å². The largest absolute Gasteiger partial charge is 0.573 e. The van der Waals surface area contributed by atoms with Gasteiger partial charge in [-0.3, -0.25) is 4.90 Å². The number of rotatable bonds is 7. The molecule has 1 aliphatic rings. The molecular formula is C21H22F3NO5. The number of hydrogen-bond acceptors (Lipinski definition) is 6. The second-order valence-electron chi connectivity index (χ2n) is 6.70. The molecule has 2 unspecified atom stereocenters. The summed E-state index contributed by atoms with van der Waals surface area (Å²) in [4.78, 5) is 13.7. The van der Waals surface area contributed by atoms with E-state index in [1.807, 2.05) is 4.90 Å². The van der Waals surface area contributed by atoms with Crippen LogP contribution in [0.2, 0.25) is 0 Å². The fourth-order valence-electron chi connectivity index (χ4n) is 3.53. The van der Waals surface area contributed by atoms with Gasteiger partial charge in [0.1, 0.15) is 23.5 Å². The molecule has 6 nitrogen and oxygen atoms in total. The van der Waals surface area contributed by atoms with E-state index in [0.717, 1.165) is 17.4 Å². The van der Waals surface area contributed by atoms with Crippen LogP contribution in [0.15, 0.2) is 42.5 Å². The van der Waals surface area contributed by atoms with Gasteiger partial charge in [-0.05, 0) is 29.8 Å². The molecule has 0 radical (unpaired) electrons. The fraction of sp³-hybridized carbons (Fsp3) is 0.381. The lowest BCUT2D eigenvalue weighted by Gasteiger charge is -2.40. The number of halogens is 3. The number of benzene rings is 2. The first kappa shape index (κ1) is 21.9. The Bertz CT molecular complexity index is 834. The Morgan fingerprint density at radius 2 is 1.70 bits per heavy atom. The summed E-state index contributed by atoms with van der Waals surface area (Å²) in [5, 5.41) is 0. The zero-order valence-corrected chi connectivity index (χ0v) is 16.5. The maximum Gasteiger partial charge on any atom is 0.573 e. The number of alkyl halides is 3. The van der Waals surface area contributed by atoms with Crippen molar-refractivity contribution in [3.8, 4) is 17.2 Å². The van der Waals surface area contributed by atoms with Gasteiger partial charge in [-0.1, -0.05) is 18.2 Å². The van der Waals surface area contributed by atoms with Gasteiger partial charge < -0.3 is 23.7 Å². The third-order valence-corrected chi connectivity index (χ3v) is 4.87. The molecule has 0 saturated carbocycles. The van der Waals surface area contributed by atoms with Crippen LogP contribution >= 0.6 is 0 Å². The number of ether oxygens (including phenoxy) is 4. The summed E-state index contributed by atoms with van der Waals surface area (Å²) in [5.41, 5.74) is 1.46. The van der Waals surface area contributed by atoms with Crippen LogP contribution in [-0.4, -0.2) is 51.0 Å². The van der Waals surface area contributed by atoms with Crippen molar-refractivity contribution in [1.29, 1.82) is 0 Å². The van der Waals surface area contributed by atoms with Crippen molar-refractivity contribution in [2.24, 2.45) is 0 Å². The van der Waals surface area contributed by atoms with Gasteiger partial charge in [-0.2, -0.15) is 0 Å². The molecule has 0 amide bonds. The van der Waals surface area contributed by atoms with Crippen molar-refractivity contribution in [3.63, 3.8) is 0 Å². The lowest BCUT2D eigenvalue weighted by atomic mass is 9.99. The SMILES string of the molecule is COc1cccc(OC)c1C1COCC(C=O)N1Cc1ccc(OC(F)(F)F)cc1. The van der Waals surface area contributed by atoms with E-state index in [0.29, 0.717) is 24.7 Å². The predicted molar refractivity (Wildman–Crippen MR) is 102 cm³/mol. The molecule has 9 heteroatoms. The average Bonchev–Trinajstić information content (AvgIpc) is 2.73. The number of carbonyl (C=O) groups excluding carboxylic acids is 1. The molecule has 3 rings (SSSR count). The van der Waals surface area contributed by atoms with Crippen LogP contribution in [0.4, 0.5) is 13.2 Å². The van der Waals surface area contributed by atoms with E-state index in [4.69, 9.17) is 14.2 Å². The van der Waals surface area contributed by atoms with Crippen LogP contribution in [0.25, 0.3) is 0 Å². The first-order chi connectivity index (χ1) is 14.4. The van der Waals surface area contributed by atoms with Crippen LogP contribution in [0.1, 0.15) is 17.2 Å². The smallest absolute Gasteiger partial charge is 0.496 e. The maximum absolute atomic E-state index is 12.4. The Balaban J connectivity index is 1.91. The molecule has 1 aliphatic heterocycles. The minimum atomic E-state index is -4.75. The van der Waals surface area contributed by atoms with Crippen molar-refractivity contribution in [1.82, 2.24) is 4.90 Å². The molecule has 1 saturated heterocycles. The quantitative estimate of drug-likeness (QED) is 0.630. The van der Waals surface area contributed by atoms with Gasteiger partial charge in [0, 0.05) is 6.54 Å². The lowest BCUT2D eigenvalue weighted by Crippen LogP contribution is -2.48. The minimum absolute atomic E-state index is 0.215. The van der Waals surface area contributed by atoms with E-state index in [9.17, 15) is 18.0 Å². The summed E-state index contributed by atoms with van der Waals surface area (Å²) in [6.07, 6.45) is -3.95. The zero-order valence-electron chi connectivity index (χ0n) is 16.5. The molecular weight excluding hydrogens is 403 g/mol. The summed E-state index contributed by atoms with van der Waals surface area (Å²) in [7, 11) is 3.09. The van der Waals surface area contributed by atoms with Crippen molar-refractivity contribution in [3.05, 3.63) is 53.6 Å². The number of morpholine rings is 1. The summed E-state index contributed by atoms with van der Waals surface area (Å²) in [6, 6.07) is 10.1. The first-order valence-corrected chi connectivity index (χ1v) is 9.20. The van der Waals surface area contributed by atoms with Crippen LogP contribution in [-0.2, 0) is 16.1 Å². The Morgan fingerprint density at radius 3 is 2.23 bits per heavy atom. The minimum Gasteiger partial charge on any atom is -0.496 e. The average molecular weight is 425 g/mol. The normalized spacial score (nSPS) is 19.9. The van der Waals surface area contributed by atoms with E-state index in [2.05, 4.69) is 4.74 Å². The molecule has 1 heterocycles. The highest BCUT2D eigenvalue weighted by atomic mass is 19.4. The second-order valence-corrected chi connectivity index (χ2v) is 6.70. The standard InChI is InChI=1S/C21H22F3NO5/c1-27-18-4-3-5-19(28-2)20(18)17-13-29-12-15(11-26)25(17)10-14-6-8-16(9-7-14)30-21(22,23)24/h3-9,11,15,17H,10,12-13H2,1-2H3. The van der Waals surface area contributed by atoms with Gasteiger partial charge in [0.15, 0.2) is 0 Å². The number of carbonyl (C=O) groups is 1. The van der Waals surface area contributed by atoms with Gasteiger partial charge in [0.05, 0.1) is 45.1 Å². The maximum atomic E-state index is 12.4. The molecule has 0 aliphatic carbocycles. The Hall–Kier alpha value is -2.78. The number of methoxy groups -OCH3 is 2. The van der Waals surface area contributed by atoms with E-state index in [-0.39, 0.29) is 18.4 Å². The highest BCUT2D eigenvalue weighted by molar-refractivity contribution is 5.59. The molecule has 0 spiro atoms. The molecule has 0 aromatic heterocycles. The van der Waals surface area contributed by atoms with Crippen molar-refractivity contribution in [2.75, 3.05) is 27.4 Å². The van der Waals surface area contributed by atoms with Gasteiger partial charge in [0.25, 0.3) is 0 Å². The van der Waals surface area contributed by atoms with Gasteiger partial charge >= 0.3 is 6.36 Å². The Morgan fingerprint density at radius 1 is 1.07 bits per heavy atom. The summed E-state index contributed by atoms with van der Waals surface area (Å²) in [5.74, 6) is 0.880.